The van der Waals surface area contributed by atoms with E-state index >= 15 is 0 Å². The number of hydrogen-bond acceptors (Lipinski definition) is 7. The normalized spacial score (nSPS) is 8.70. The first-order chi connectivity index (χ1) is 20.9. The lowest BCUT2D eigenvalue weighted by Crippen LogP contribution is -2.22. The Bertz CT molecular complexity index is 654. The topological polar surface area (TPSA) is 108 Å². The molecule has 0 saturated heterocycles. The molecule has 0 aromatic heterocycles. The van der Waals surface area contributed by atoms with Crippen LogP contribution < -0.4 is 5.32 Å². The first-order valence-electron chi connectivity index (χ1n) is 14.6. The zero-order chi connectivity index (χ0) is 35.3. The first-order valence-corrected chi connectivity index (χ1v) is 14.6. The van der Waals surface area contributed by atoms with Crippen molar-refractivity contribution in [3.05, 3.63) is 102 Å². The summed E-state index contributed by atoms with van der Waals surface area (Å²) in [6, 6.07) is 5.55. The molecule has 0 fully saturated rings. The van der Waals surface area contributed by atoms with E-state index in [0.29, 0.717) is 5.69 Å². The van der Waals surface area contributed by atoms with E-state index in [1.54, 1.807) is 13.0 Å². The molecule has 7 heteroatoms. The summed E-state index contributed by atoms with van der Waals surface area (Å²) in [6.07, 6.45) is 10.5. The van der Waals surface area contributed by atoms with E-state index in [-0.39, 0.29) is 19.0 Å². The maximum atomic E-state index is 11.2. The number of phenolic OH excluding ortho intramolecular Hbond substituents is 1. The summed E-state index contributed by atoms with van der Waals surface area (Å²) < 4.78 is 9.90. The van der Waals surface area contributed by atoms with E-state index in [9.17, 15) is 9.90 Å². The van der Waals surface area contributed by atoms with Crippen LogP contribution in [0.25, 0.3) is 0 Å². The molecular formula is C36H67NO6. The number of aliphatic hydroxyl groups excluding tert-OH is 2. The minimum Gasteiger partial charge on any atom is -0.506 e. The lowest BCUT2D eigenvalue weighted by Gasteiger charge is -2.17. The van der Waals surface area contributed by atoms with Gasteiger partial charge in [0.25, 0.3) is 0 Å². The predicted molar refractivity (Wildman–Crippen MR) is 192 cm³/mol. The van der Waals surface area contributed by atoms with Crippen LogP contribution in [0.4, 0.5) is 5.69 Å². The molecule has 0 heterocycles. The number of unbranched alkanes of at least 4 members (excludes halogenated alkanes) is 6. The molecular weight excluding hydrogens is 542 g/mol. The van der Waals surface area contributed by atoms with Gasteiger partial charge in [-0.15, -0.1) is 65.8 Å². The zero-order valence-electron chi connectivity index (χ0n) is 28.2. The molecule has 0 saturated carbocycles. The van der Waals surface area contributed by atoms with Crippen molar-refractivity contribution in [2.45, 2.75) is 85.3 Å². The Labute approximate surface area is 266 Å². The summed E-state index contributed by atoms with van der Waals surface area (Å²) in [5.74, 6) is -0.339. The number of aromatic hydroxyl groups is 1. The summed E-state index contributed by atoms with van der Waals surface area (Å²) in [5.41, 5.74) is 1.76. The SMILES string of the molecule is C=C.C=C.C=C.C=C.C=C.C=CC(=O)OC(C)Nc1cc(CCCCCCCCC)ccc1O.CCOCC.OCCO. The van der Waals surface area contributed by atoms with E-state index in [0.717, 1.165) is 32.1 Å². The van der Waals surface area contributed by atoms with Gasteiger partial charge in [-0.2, -0.15) is 0 Å². The van der Waals surface area contributed by atoms with E-state index < -0.39 is 12.2 Å². The van der Waals surface area contributed by atoms with Crippen LogP contribution in [0, 0.1) is 0 Å². The Hall–Kier alpha value is -3.39. The van der Waals surface area contributed by atoms with Gasteiger partial charge in [0.2, 0.25) is 0 Å². The van der Waals surface area contributed by atoms with Gasteiger partial charge in [-0.05, 0) is 51.3 Å². The number of esters is 1. The maximum Gasteiger partial charge on any atom is 0.332 e. The van der Waals surface area contributed by atoms with Crippen LogP contribution in [0.1, 0.15) is 78.2 Å². The Morgan fingerprint density at radius 3 is 1.63 bits per heavy atom. The van der Waals surface area contributed by atoms with Gasteiger partial charge in [-0.3, -0.25) is 0 Å². The average molecular weight is 610 g/mol. The first kappa shape index (κ1) is 55.5. The highest BCUT2D eigenvalue weighted by Crippen LogP contribution is 2.26. The molecule has 4 N–H and O–H groups in total. The summed E-state index contributed by atoms with van der Waals surface area (Å²) in [7, 11) is 0. The highest BCUT2D eigenvalue weighted by atomic mass is 16.6. The number of phenols is 1. The summed E-state index contributed by atoms with van der Waals surface area (Å²) in [6.45, 7) is 42.7. The lowest BCUT2D eigenvalue weighted by molar-refractivity contribution is -0.140. The molecule has 1 aromatic carbocycles. The molecule has 0 bridgehead atoms. The molecule has 0 amide bonds. The third kappa shape index (κ3) is 51.8. The average Bonchev–Trinajstić information content (AvgIpc) is 3.07. The fraction of sp³-hybridized carbons (Fsp3) is 0.472. The fourth-order valence-corrected chi connectivity index (χ4v) is 2.82. The summed E-state index contributed by atoms with van der Waals surface area (Å²) >= 11 is 0. The fourth-order valence-electron chi connectivity index (χ4n) is 2.82. The molecule has 0 spiro atoms. The second kappa shape index (κ2) is 58.3. The maximum absolute atomic E-state index is 11.2. The summed E-state index contributed by atoms with van der Waals surface area (Å²) in [5, 5.41) is 28.2. The number of nitrogens with one attached hydrogen (secondary N) is 1. The molecule has 1 unspecified atom stereocenters. The quantitative estimate of drug-likeness (QED) is 0.0392. The second-order valence-electron chi connectivity index (χ2n) is 7.38. The van der Waals surface area contributed by atoms with Gasteiger partial charge in [-0.1, -0.05) is 58.1 Å². The van der Waals surface area contributed by atoms with Crippen LogP contribution in [0.5, 0.6) is 5.75 Å². The van der Waals surface area contributed by atoms with Crippen LogP contribution in [0.2, 0.25) is 0 Å². The van der Waals surface area contributed by atoms with E-state index in [2.05, 4.69) is 84.6 Å². The number of ether oxygens (including phenoxy) is 2. The number of aryl methyl sites for hydroxylation is 1. The van der Waals surface area contributed by atoms with Crippen molar-refractivity contribution in [2.24, 2.45) is 0 Å². The highest BCUT2D eigenvalue weighted by Gasteiger charge is 2.09. The number of hydrogen-bond donors (Lipinski definition) is 4. The van der Waals surface area contributed by atoms with Crippen molar-refractivity contribution in [1.82, 2.24) is 0 Å². The Morgan fingerprint density at radius 2 is 1.26 bits per heavy atom. The van der Waals surface area contributed by atoms with Gasteiger partial charge in [0.1, 0.15) is 5.75 Å². The predicted octanol–water partition coefficient (Wildman–Crippen LogP) is 9.20. The van der Waals surface area contributed by atoms with E-state index in [1.807, 2.05) is 26.0 Å². The monoisotopic (exact) mass is 609 g/mol. The van der Waals surface area contributed by atoms with Gasteiger partial charge in [0.15, 0.2) is 6.23 Å². The van der Waals surface area contributed by atoms with Gasteiger partial charge in [0.05, 0.1) is 18.9 Å². The largest absolute Gasteiger partial charge is 0.506 e. The molecule has 1 atom stereocenters. The number of anilines is 1. The van der Waals surface area contributed by atoms with Crippen molar-refractivity contribution >= 4 is 11.7 Å². The molecule has 0 radical (unpaired) electrons. The number of rotatable bonds is 15. The molecule has 7 nitrogen and oxygen atoms in total. The standard InChI is InChI=1S/C20H31NO3.C4H10O.C2H6O2.5C2H4/c1-4-6-7-8-9-10-11-12-17-13-14-19(22)18(15-17)21-16(3)24-20(23)5-2;1-3-5-4-2;3-1-2-4;5*1-2/h5,13-16,21-22H,2,4,6-12H2,1,3H3;3-4H2,1-2H3;3-4H,1-2H2;5*1-2H2. The molecule has 1 rings (SSSR count). The number of carbonyl (C=O) groups is 1. The van der Waals surface area contributed by atoms with Crippen molar-refractivity contribution in [1.29, 1.82) is 0 Å². The molecule has 0 aliphatic heterocycles. The zero-order valence-corrected chi connectivity index (χ0v) is 28.2. The van der Waals surface area contributed by atoms with Crippen LogP contribution in [-0.4, -0.2) is 53.9 Å². The molecule has 1 aromatic rings. The van der Waals surface area contributed by atoms with Crippen molar-refractivity contribution in [3.63, 3.8) is 0 Å². The van der Waals surface area contributed by atoms with Gasteiger partial charge in [-0.25, -0.2) is 4.79 Å². The van der Waals surface area contributed by atoms with Crippen molar-refractivity contribution < 1.29 is 29.6 Å². The minimum absolute atomic E-state index is 0.125. The smallest absolute Gasteiger partial charge is 0.332 e. The third-order valence-corrected chi connectivity index (χ3v) is 4.46. The molecule has 43 heavy (non-hydrogen) atoms. The van der Waals surface area contributed by atoms with Crippen LogP contribution >= 0.6 is 0 Å². The number of benzene rings is 1. The number of aliphatic hydroxyl groups is 2. The molecule has 0 aliphatic carbocycles. The number of carbonyl (C=O) groups excluding carboxylic acids is 1. The van der Waals surface area contributed by atoms with Gasteiger partial charge < -0.3 is 30.1 Å². The minimum atomic E-state index is -0.532. The lowest BCUT2D eigenvalue weighted by atomic mass is 10.0. The van der Waals surface area contributed by atoms with Crippen LogP contribution in [-0.2, 0) is 20.7 Å². The van der Waals surface area contributed by atoms with E-state index in [1.165, 1.54) is 44.1 Å². The Morgan fingerprint density at radius 1 is 0.814 bits per heavy atom. The molecule has 0 aliphatic rings. The highest BCUT2D eigenvalue weighted by molar-refractivity contribution is 5.81. The Balaban J connectivity index is -0.000000113. The molecule has 252 valence electrons. The van der Waals surface area contributed by atoms with E-state index in [4.69, 9.17) is 19.7 Å². The van der Waals surface area contributed by atoms with Gasteiger partial charge >= 0.3 is 5.97 Å². The van der Waals surface area contributed by atoms with Crippen LogP contribution in [0.3, 0.4) is 0 Å². The van der Waals surface area contributed by atoms with Crippen molar-refractivity contribution in [3.8, 4) is 5.75 Å². The third-order valence-electron chi connectivity index (χ3n) is 4.46. The second-order valence-corrected chi connectivity index (χ2v) is 7.38. The summed E-state index contributed by atoms with van der Waals surface area (Å²) in [4.78, 5) is 11.2. The Kier molecular flexibility index (Phi) is 75.3. The van der Waals surface area contributed by atoms with Crippen molar-refractivity contribution in [2.75, 3.05) is 31.7 Å². The van der Waals surface area contributed by atoms with Gasteiger partial charge in [0, 0.05) is 19.3 Å². The van der Waals surface area contributed by atoms with Crippen LogP contribution in [0.15, 0.2) is 96.6 Å².